The molecule has 144 valence electrons. The Labute approximate surface area is 163 Å². The van der Waals surface area contributed by atoms with Gasteiger partial charge < -0.3 is 15.0 Å². The fraction of sp³-hybridized carbons (Fsp3) is 0.450. The highest BCUT2D eigenvalue weighted by molar-refractivity contribution is 7.11. The smallest absolute Gasteiger partial charge is 0.265 e. The third-order valence-electron chi connectivity index (χ3n) is 4.85. The first-order valence-corrected chi connectivity index (χ1v) is 10.1. The SMILES string of the molecule is COc1cccc(CNC(=O)CCC2CCCN(C(=O)c3cncs3)C2)c1. The van der Waals surface area contributed by atoms with Gasteiger partial charge in [-0.15, -0.1) is 11.3 Å². The van der Waals surface area contributed by atoms with Gasteiger partial charge in [-0.1, -0.05) is 12.1 Å². The number of nitrogens with one attached hydrogen (secondary N) is 1. The van der Waals surface area contributed by atoms with Crippen LogP contribution in [0.15, 0.2) is 36.0 Å². The Morgan fingerprint density at radius 2 is 2.30 bits per heavy atom. The Morgan fingerprint density at radius 1 is 1.41 bits per heavy atom. The highest BCUT2D eigenvalue weighted by atomic mass is 32.1. The molecule has 1 aromatic carbocycles. The van der Waals surface area contributed by atoms with Crippen LogP contribution in [-0.2, 0) is 11.3 Å². The molecule has 1 fully saturated rings. The number of carbonyl (C=O) groups is 2. The van der Waals surface area contributed by atoms with E-state index in [1.807, 2.05) is 29.2 Å². The molecule has 0 bridgehead atoms. The molecule has 27 heavy (non-hydrogen) atoms. The van der Waals surface area contributed by atoms with Crippen molar-refractivity contribution in [3.63, 3.8) is 0 Å². The van der Waals surface area contributed by atoms with Gasteiger partial charge in [-0.25, -0.2) is 0 Å². The number of likely N-dealkylation sites (tertiary alicyclic amines) is 1. The lowest BCUT2D eigenvalue weighted by Crippen LogP contribution is -2.40. The van der Waals surface area contributed by atoms with Crippen LogP contribution in [0.5, 0.6) is 5.75 Å². The zero-order valence-corrected chi connectivity index (χ0v) is 16.3. The molecule has 1 saturated heterocycles. The van der Waals surface area contributed by atoms with E-state index in [1.165, 1.54) is 11.3 Å². The van der Waals surface area contributed by atoms with Gasteiger partial charge in [0.25, 0.3) is 5.91 Å². The summed E-state index contributed by atoms with van der Waals surface area (Å²) in [5.74, 6) is 1.27. The molecule has 2 aromatic rings. The van der Waals surface area contributed by atoms with Gasteiger partial charge in [0.15, 0.2) is 0 Å². The molecular formula is C20H25N3O3S. The highest BCUT2D eigenvalue weighted by Gasteiger charge is 2.25. The maximum Gasteiger partial charge on any atom is 0.265 e. The number of thiazole rings is 1. The molecule has 0 radical (unpaired) electrons. The summed E-state index contributed by atoms with van der Waals surface area (Å²) in [5, 5.41) is 2.96. The quantitative estimate of drug-likeness (QED) is 0.792. The number of methoxy groups -OCH3 is 1. The third kappa shape index (κ3) is 5.53. The molecule has 1 atom stereocenters. The zero-order chi connectivity index (χ0) is 19.1. The van der Waals surface area contributed by atoms with Gasteiger partial charge in [0.05, 0.1) is 18.8 Å². The van der Waals surface area contributed by atoms with Gasteiger partial charge in [0.1, 0.15) is 10.6 Å². The zero-order valence-electron chi connectivity index (χ0n) is 15.5. The Bertz CT molecular complexity index is 764. The number of aromatic nitrogens is 1. The van der Waals surface area contributed by atoms with Gasteiger partial charge >= 0.3 is 0 Å². The number of amides is 2. The second kappa shape index (κ2) is 9.50. The molecule has 1 aliphatic heterocycles. The summed E-state index contributed by atoms with van der Waals surface area (Å²) in [6, 6.07) is 7.68. The topological polar surface area (TPSA) is 71.5 Å². The van der Waals surface area contributed by atoms with E-state index in [9.17, 15) is 9.59 Å². The first kappa shape index (κ1) is 19.4. The predicted molar refractivity (Wildman–Crippen MR) is 105 cm³/mol. The third-order valence-corrected chi connectivity index (χ3v) is 5.61. The van der Waals surface area contributed by atoms with E-state index in [4.69, 9.17) is 4.74 Å². The van der Waals surface area contributed by atoms with E-state index >= 15 is 0 Å². The minimum absolute atomic E-state index is 0.0451. The first-order valence-electron chi connectivity index (χ1n) is 9.23. The van der Waals surface area contributed by atoms with E-state index in [1.54, 1.807) is 18.8 Å². The van der Waals surface area contributed by atoms with Crippen LogP contribution in [0.1, 0.15) is 40.9 Å². The molecule has 0 spiro atoms. The first-order chi connectivity index (χ1) is 13.2. The summed E-state index contributed by atoms with van der Waals surface area (Å²) in [6.07, 6.45) is 4.96. The van der Waals surface area contributed by atoms with Crippen LogP contribution in [0.25, 0.3) is 0 Å². The normalized spacial score (nSPS) is 16.8. The van der Waals surface area contributed by atoms with Gasteiger partial charge in [-0.2, -0.15) is 0 Å². The van der Waals surface area contributed by atoms with Crippen molar-refractivity contribution in [1.82, 2.24) is 15.2 Å². The highest BCUT2D eigenvalue weighted by Crippen LogP contribution is 2.23. The van der Waals surface area contributed by atoms with E-state index in [-0.39, 0.29) is 11.8 Å². The minimum Gasteiger partial charge on any atom is -0.497 e. The maximum absolute atomic E-state index is 12.5. The lowest BCUT2D eigenvalue weighted by Gasteiger charge is -2.32. The largest absolute Gasteiger partial charge is 0.497 e. The number of rotatable bonds is 7. The van der Waals surface area contributed by atoms with Crippen LogP contribution in [0.2, 0.25) is 0 Å². The molecule has 0 aliphatic carbocycles. The summed E-state index contributed by atoms with van der Waals surface area (Å²) in [4.78, 5) is 31.2. The van der Waals surface area contributed by atoms with Crippen LogP contribution in [0, 0.1) is 5.92 Å². The van der Waals surface area contributed by atoms with E-state index in [0.717, 1.165) is 43.7 Å². The van der Waals surface area contributed by atoms with E-state index < -0.39 is 0 Å². The second-order valence-electron chi connectivity index (χ2n) is 6.79. The number of carbonyl (C=O) groups excluding carboxylic acids is 2. The van der Waals surface area contributed by atoms with Gasteiger partial charge in [0.2, 0.25) is 5.91 Å². The average molecular weight is 388 g/mol. The van der Waals surface area contributed by atoms with Crippen molar-refractivity contribution in [2.24, 2.45) is 5.92 Å². The van der Waals surface area contributed by atoms with Crippen molar-refractivity contribution in [1.29, 1.82) is 0 Å². The standard InChI is InChI=1S/C20H25N3O3S/c1-26-17-6-2-4-16(10-17)11-22-19(24)8-7-15-5-3-9-23(13-15)20(25)18-12-21-14-27-18/h2,4,6,10,12,14-15H,3,5,7-9,11,13H2,1H3,(H,22,24). The van der Waals surface area contributed by atoms with Crippen LogP contribution in [-0.4, -0.2) is 41.9 Å². The number of hydrogen-bond acceptors (Lipinski definition) is 5. The molecule has 0 saturated carbocycles. The molecule has 1 aliphatic rings. The van der Waals surface area contributed by atoms with Gasteiger partial charge in [-0.05, 0) is 42.9 Å². The van der Waals surface area contributed by atoms with Crippen molar-refractivity contribution in [2.45, 2.75) is 32.2 Å². The van der Waals surface area contributed by atoms with Crippen LogP contribution in [0.3, 0.4) is 0 Å². The molecule has 3 rings (SSSR count). The molecule has 2 heterocycles. The summed E-state index contributed by atoms with van der Waals surface area (Å²) in [7, 11) is 1.63. The monoisotopic (exact) mass is 387 g/mol. The van der Waals surface area contributed by atoms with Crippen LogP contribution in [0.4, 0.5) is 0 Å². The molecule has 1 unspecified atom stereocenters. The molecular weight excluding hydrogens is 362 g/mol. The fourth-order valence-corrected chi connectivity index (χ4v) is 3.96. The summed E-state index contributed by atoms with van der Waals surface area (Å²) in [6.45, 7) is 2.01. The van der Waals surface area contributed by atoms with Crippen molar-refractivity contribution in [3.05, 3.63) is 46.4 Å². The van der Waals surface area contributed by atoms with Crippen molar-refractivity contribution in [2.75, 3.05) is 20.2 Å². The number of nitrogens with zero attached hydrogens (tertiary/aromatic N) is 2. The second-order valence-corrected chi connectivity index (χ2v) is 7.68. The Hall–Kier alpha value is -2.41. The van der Waals surface area contributed by atoms with Crippen molar-refractivity contribution < 1.29 is 14.3 Å². The minimum atomic E-state index is 0.0451. The van der Waals surface area contributed by atoms with Crippen molar-refractivity contribution >= 4 is 23.2 Å². The lowest BCUT2D eigenvalue weighted by molar-refractivity contribution is -0.121. The summed E-state index contributed by atoms with van der Waals surface area (Å²) < 4.78 is 5.20. The summed E-state index contributed by atoms with van der Waals surface area (Å²) >= 11 is 1.38. The Kier molecular flexibility index (Phi) is 6.81. The number of hydrogen-bond donors (Lipinski definition) is 1. The fourth-order valence-electron chi connectivity index (χ4n) is 3.37. The maximum atomic E-state index is 12.5. The van der Waals surface area contributed by atoms with Crippen LogP contribution < -0.4 is 10.1 Å². The van der Waals surface area contributed by atoms with Gasteiger partial charge in [0, 0.05) is 26.1 Å². The molecule has 7 heteroatoms. The molecule has 6 nitrogen and oxygen atoms in total. The molecule has 1 aromatic heterocycles. The Balaban J connectivity index is 1.42. The Morgan fingerprint density at radius 3 is 3.07 bits per heavy atom. The van der Waals surface area contributed by atoms with E-state index in [2.05, 4.69) is 10.3 Å². The average Bonchev–Trinajstić information content (AvgIpc) is 3.25. The molecule has 2 amide bonds. The predicted octanol–water partition coefficient (Wildman–Crippen LogP) is 3.10. The van der Waals surface area contributed by atoms with Crippen LogP contribution >= 0.6 is 11.3 Å². The van der Waals surface area contributed by atoms with Crippen molar-refractivity contribution in [3.8, 4) is 5.75 Å². The lowest BCUT2D eigenvalue weighted by atomic mass is 9.93. The number of piperidine rings is 1. The summed E-state index contributed by atoms with van der Waals surface area (Å²) in [5.41, 5.74) is 2.70. The molecule has 1 N–H and O–H groups in total. The van der Waals surface area contributed by atoms with Gasteiger partial charge in [-0.3, -0.25) is 14.6 Å². The number of benzene rings is 1. The van der Waals surface area contributed by atoms with E-state index in [0.29, 0.717) is 23.8 Å². The number of ether oxygens (including phenoxy) is 1.